The van der Waals surface area contributed by atoms with Crippen molar-refractivity contribution in [2.75, 3.05) is 37.4 Å². The van der Waals surface area contributed by atoms with Gasteiger partial charge >= 0.3 is 0 Å². The maximum Gasteiger partial charge on any atom is 0.143 e. The highest BCUT2D eigenvalue weighted by Gasteiger charge is 2.21. The molecule has 4 heteroatoms. The first-order chi connectivity index (χ1) is 9.24. The van der Waals surface area contributed by atoms with Gasteiger partial charge in [-0.1, -0.05) is 6.92 Å². The number of nitrogens with zero attached hydrogens (tertiary/aromatic N) is 1. The molecule has 2 N–H and O–H groups in total. The molecular weight excluding hydrogens is 240 g/mol. The number of ether oxygens (including phenoxy) is 2. The standard InChI is InChI=1S/C15H24N2O2/c1-3-9-19-13-5-4-8-17(11-13)12-6-7-14(16)15(10-12)18-2/h6-7,10,13H,3-5,8-9,11,16H2,1-2H3. The van der Waals surface area contributed by atoms with E-state index in [-0.39, 0.29) is 0 Å². The molecule has 0 aliphatic carbocycles. The highest BCUT2D eigenvalue weighted by atomic mass is 16.5. The minimum absolute atomic E-state index is 0.345. The molecular formula is C15H24N2O2. The van der Waals surface area contributed by atoms with Crippen LogP contribution >= 0.6 is 0 Å². The molecule has 1 aromatic carbocycles. The summed E-state index contributed by atoms with van der Waals surface area (Å²) in [7, 11) is 1.65. The normalized spacial score (nSPS) is 19.5. The molecule has 1 saturated heterocycles. The number of nitrogen functional groups attached to an aromatic ring is 1. The van der Waals surface area contributed by atoms with Crippen molar-refractivity contribution in [3.8, 4) is 5.75 Å². The Morgan fingerprint density at radius 1 is 1.42 bits per heavy atom. The number of nitrogens with two attached hydrogens (primary N) is 1. The van der Waals surface area contributed by atoms with E-state index in [9.17, 15) is 0 Å². The lowest BCUT2D eigenvalue weighted by Crippen LogP contribution is -2.39. The Labute approximate surface area is 115 Å². The summed E-state index contributed by atoms with van der Waals surface area (Å²) in [5, 5.41) is 0. The molecule has 0 aromatic heterocycles. The van der Waals surface area contributed by atoms with Crippen LogP contribution < -0.4 is 15.4 Å². The third-order valence-corrected chi connectivity index (χ3v) is 3.52. The molecule has 0 saturated carbocycles. The molecule has 1 atom stereocenters. The Kier molecular flexibility index (Phi) is 4.91. The SMILES string of the molecule is CCCOC1CCCN(c2ccc(N)c(OC)c2)C1. The summed E-state index contributed by atoms with van der Waals surface area (Å²) in [6, 6.07) is 5.97. The fourth-order valence-corrected chi connectivity index (χ4v) is 2.49. The van der Waals surface area contributed by atoms with Gasteiger partial charge in [-0.05, 0) is 31.4 Å². The Morgan fingerprint density at radius 3 is 3.00 bits per heavy atom. The second kappa shape index (κ2) is 6.66. The molecule has 1 aliphatic heterocycles. The molecule has 1 aromatic rings. The van der Waals surface area contributed by atoms with Crippen molar-refractivity contribution in [3.63, 3.8) is 0 Å². The van der Waals surface area contributed by atoms with Gasteiger partial charge < -0.3 is 20.1 Å². The first-order valence-corrected chi connectivity index (χ1v) is 7.04. The molecule has 0 radical (unpaired) electrons. The predicted molar refractivity (Wildman–Crippen MR) is 78.9 cm³/mol. The van der Waals surface area contributed by atoms with Gasteiger partial charge in [0.1, 0.15) is 5.75 Å². The lowest BCUT2D eigenvalue weighted by molar-refractivity contribution is 0.0440. The first kappa shape index (κ1) is 14.0. The second-order valence-corrected chi connectivity index (χ2v) is 5.01. The second-order valence-electron chi connectivity index (χ2n) is 5.01. The van der Waals surface area contributed by atoms with Crippen LogP contribution in [0, 0.1) is 0 Å². The largest absolute Gasteiger partial charge is 0.495 e. The van der Waals surface area contributed by atoms with Crippen molar-refractivity contribution >= 4 is 11.4 Å². The molecule has 0 amide bonds. The van der Waals surface area contributed by atoms with E-state index < -0.39 is 0 Å². The summed E-state index contributed by atoms with van der Waals surface area (Å²) in [6.07, 6.45) is 3.74. The Balaban J connectivity index is 2.04. The average molecular weight is 264 g/mol. The predicted octanol–water partition coefficient (Wildman–Crippen LogP) is 2.67. The smallest absolute Gasteiger partial charge is 0.143 e. The van der Waals surface area contributed by atoms with Crippen LogP contribution in [0.25, 0.3) is 0 Å². The fraction of sp³-hybridized carbons (Fsp3) is 0.600. The summed E-state index contributed by atoms with van der Waals surface area (Å²) in [5.41, 5.74) is 7.70. The lowest BCUT2D eigenvalue weighted by atomic mass is 10.1. The number of rotatable bonds is 5. The molecule has 106 valence electrons. The van der Waals surface area contributed by atoms with Gasteiger partial charge in [-0.3, -0.25) is 0 Å². The van der Waals surface area contributed by atoms with Crippen LogP contribution in [0.5, 0.6) is 5.75 Å². The van der Waals surface area contributed by atoms with E-state index >= 15 is 0 Å². The van der Waals surface area contributed by atoms with Crippen LogP contribution in [0.4, 0.5) is 11.4 Å². The maximum atomic E-state index is 5.87. The average Bonchev–Trinajstić information content (AvgIpc) is 2.46. The molecule has 1 unspecified atom stereocenters. The zero-order valence-electron chi connectivity index (χ0n) is 11.9. The molecule has 2 rings (SSSR count). The molecule has 1 aliphatic rings. The van der Waals surface area contributed by atoms with Crippen molar-refractivity contribution in [2.24, 2.45) is 0 Å². The number of methoxy groups -OCH3 is 1. The highest BCUT2D eigenvalue weighted by molar-refractivity contribution is 5.62. The quantitative estimate of drug-likeness (QED) is 0.831. The monoisotopic (exact) mass is 264 g/mol. The van der Waals surface area contributed by atoms with Crippen molar-refractivity contribution in [1.29, 1.82) is 0 Å². The van der Waals surface area contributed by atoms with E-state index in [4.69, 9.17) is 15.2 Å². The van der Waals surface area contributed by atoms with Crippen LogP contribution in [0.1, 0.15) is 26.2 Å². The number of benzene rings is 1. The minimum atomic E-state index is 0.345. The summed E-state index contributed by atoms with van der Waals surface area (Å²) >= 11 is 0. The Bertz CT molecular complexity index is 409. The van der Waals surface area contributed by atoms with Crippen molar-refractivity contribution in [3.05, 3.63) is 18.2 Å². The zero-order chi connectivity index (χ0) is 13.7. The van der Waals surface area contributed by atoms with Gasteiger partial charge in [0.05, 0.1) is 18.9 Å². The van der Waals surface area contributed by atoms with Crippen LogP contribution in [0.3, 0.4) is 0 Å². The van der Waals surface area contributed by atoms with E-state index in [1.54, 1.807) is 7.11 Å². The summed E-state index contributed by atoms with van der Waals surface area (Å²) < 4.78 is 11.2. The van der Waals surface area contributed by atoms with Gasteiger partial charge in [0.15, 0.2) is 0 Å². The van der Waals surface area contributed by atoms with Gasteiger partial charge in [-0.15, -0.1) is 0 Å². The van der Waals surface area contributed by atoms with E-state index in [1.165, 1.54) is 6.42 Å². The van der Waals surface area contributed by atoms with E-state index in [0.29, 0.717) is 11.8 Å². The van der Waals surface area contributed by atoms with E-state index in [2.05, 4.69) is 17.9 Å². The first-order valence-electron chi connectivity index (χ1n) is 7.04. The van der Waals surface area contributed by atoms with Crippen molar-refractivity contribution in [2.45, 2.75) is 32.3 Å². The number of anilines is 2. The number of piperidine rings is 1. The van der Waals surface area contributed by atoms with Crippen LogP contribution in [0.15, 0.2) is 18.2 Å². The molecule has 1 heterocycles. The summed E-state index contributed by atoms with van der Waals surface area (Å²) in [6.45, 7) is 5.02. The Hall–Kier alpha value is -1.42. The van der Waals surface area contributed by atoms with Gasteiger partial charge in [0, 0.05) is 31.5 Å². The highest BCUT2D eigenvalue weighted by Crippen LogP contribution is 2.29. The topological polar surface area (TPSA) is 47.7 Å². The summed E-state index contributed by atoms with van der Waals surface area (Å²) in [4.78, 5) is 2.35. The van der Waals surface area contributed by atoms with Crippen LogP contribution in [0.2, 0.25) is 0 Å². The Morgan fingerprint density at radius 2 is 2.26 bits per heavy atom. The third-order valence-electron chi connectivity index (χ3n) is 3.52. The molecule has 4 nitrogen and oxygen atoms in total. The lowest BCUT2D eigenvalue weighted by Gasteiger charge is -2.34. The minimum Gasteiger partial charge on any atom is -0.495 e. The van der Waals surface area contributed by atoms with Gasteiger partial charge in [-0.25, -0.2) is 0 Å². The van der Waals surface area contributed by atoms with Crippen LogP contribution in [-0.4, -0.2) is 32.9 Å². The van der Waals surface area contributed by atoms with Crippen LogP contribution in [-0.2, 0) is 4.74 Å². The molecule has 1 fully saturated rings. The number of hydrogen-bond donors (Lipinski definition) is 1. The fourth-order valence-electron chi connectivity index (χ4n) is 2.49. The van der Waals surface area contributed by atoms with Gasteiger partial charge in [0.25, 0.3) is 0 Å². The molecule has 19 heavy (non-hydrogen) atoms. The van der Waals surface area contributed by atoms with Crippen molar-refractivity contribution < 1.29 is 9.47 Å². The van der Waals surface area contributed by atoms with E-state index in [1.807, 2.05) is 12.1 Å². The molecule has 0 spiro atoms. The maximum absolute atomic E-state index is 5.87. The van der Waals surface area contributed by atoms with Gasteiger partial charge in [-0.2, -0.15) is 0 Å². The molecule has 0 bridgehead atoms. The zero-order valence-corrected chi connectivity index (χ0v) is 11.9. The van der Waals surface area contributed by atoms with Crippen molar-refractivity contribution in [1.82, 2.24) is 0 Å². The number of hydrogen-bond acceptors (Lipinski definition) is 4. The van der Waals surface area contributed by atoms with Gasteiger partial charge in [0.2, 0.25) is 0 Å². The third kappa shape index (κ3) is 3.53. The van der Waals surface area contributed by atoms with E-state index in [0.717, 1.165) is 44.0 Å². The summed E-state index contributed by atoms with van der Waals surface area (Å²) in [5.74, 6) is 0.745.